The molecule has 0 radical (unpaired) electrons. The average Bonchev–Trinajstić information content (AvgIpc) is 3.13. The molecule has 0 saturated carbocycles. The Bertz CT molecular complexity index is 1570. The SMILES string of the molecule is CCCCCCCCCCNCCC(=O)N[C@@H](CCCCN)C(=O)N(C)[C@@H]1C(=O)N[C@@H](C)C(=O)N[C@H](C(=O)O)Cc2ccc(O)c(c2)-c2cc1ccc2O. The lowest BCUT2D eigenvalue weighted by Crippen LogP contribution is -2.54. The number of nitrogens with zero attached hydrogens (tertiary/aromatic N) is 1. The second-order valence-corrected chi connectivity index (χ2v) is 14.2. The number of carboxylic acid groups (broad SMARTS) is 1. The second kappa shape index (κ2) is 22.5. The van der Waals surface area contributed by atoms with Gasteiger partial charge in [-0.05, 0) is 81.1 Å². The van der Waals surface area contributed by atoms with E-state index in [1.165, 1.54) is 93.8 Å². The van der Waals surface area contributed by atoms with Crippen molar-refractivity contribution in [2.45, 2.75) is 121 Å². The summed E-state index contributed by atoms with van der Waals surface area (Å²) in [6, 6.07) is 3.72. The van der Waals surface area contributed by atoms with Gasteiger partial charge in [0.2, 0.25) is 23.6 Å². The molecule has 4 atom stereocenters. The van der Waals surface area contributed by atoms with Crippen LogP contribution in [0, 0.1) is 0 Å². The van der Waals surface area contributed by atoms with Crippen LogP contribution in [0.1, 0.15) is 108 Å². The number of aromatic hydroxyl groups is 2. The van der Waals surface area contributed by atoms with E-state index < -0.39 is 47.9 Å². The zero-order valence-corrected chi connectivity index (χ0v) is 32.0. The fraction of sp³-hybridized carbons (Fsp3) is 0.575. The molecule has 3 rings (SSSR count). The van der Waals surface area contributed by atoms with Crippen molar-refractivity contribution in [1.82, 2.24) is 26.2 Å². The topological polar surface area (TPSA) is 223 Å². The number of amides is 4. The Balaban J connectivity index is 1.84. The first-order valence-electron chi connectivity index (χ1n) is 19.3. The Morgan fingerprint density at radius 2 is 1.52 bits per heavy atom. The van der Waals surface area contributed by atoms with Gasteiger partial charge in [0.05, 0.1) is 0 Å². The molecule has 0 fully saturated rings. The summed E-state index contributed by atoms with van der Waals surface area (Å²) < 4.78 is 0. The molecule has 0 saturated heterocycles. The van der Waals surface area contributed by atoms with Crippen LogP contribution in [-0.4, -0.2) is 94.6 Å². The molecule has 14 nitrogen and oxygen atoms in total. The fourth-order valence-electron chi connectivity index (χ4n) is 6.61. The van der Waals surface area contributed by atoms with Crippen molar-refractivity contribution in [3.05, 3.63) is 47.5 Å². The summed E-state index contributed by atoms with van der Waals surface area (Å²) in [7, 11) is 1.42. The van der Waals surface area contributed by atoms with Crippen molar-refractivity contribution in [3.8, 4) is 22.6 Å². The van der Waals surface area contributed by atoms with E-state index in [2.05, 4.69) is 28.2 Å². The van der Waals surface area contributed by atoms with Crippen molar-refractivity contribution >= 4 is 29.6 Å². The lowest BCUT2D eigenvalue weighted by molar-refractivity contribution is -0.144. The summed E-state index contributed by atoms with van der Waals surface area (Å²) in [6.45, 7) is 5.24. The number of nitrogens with one attached hydrogen (secondary N) is 4. The molecule has 298 valence electrons. The van der Waals surface area contributed by atoms with Crippen molar-refractivity contribution < 1.29 is 39.3 Å². The van der Waals surface area contributed by atoms with E-state index >= 15 is 0 Å². The highest BCUT2D eigenvalue weighted by Crippen LogP contribution is 2.38. The number of carbonyl (C=O) groups is 5. The zero-order valence-electron chi connectivity index (χ0n) is 32.0. The minimum atomic E-state index is -1.37. The summed E-state index contributed by atoms with van der Waals surface area (Å²) in [4.78, 5) is 67.8. The minimum Gasteiger partial charge on any atom is -0.507 e. The number of benzene rings is 2. The molecule has 14 heteroatoms. The Kier molecular flexibility index (Phi) is 18.2. The number of hydrogen-bond acceptors (Lipinski definition) is 9. The Morgan fingerprint density at radius 3 is 2.19 bits per heavy atom. The highest BCUT2D eigenvalue weighted by Gasteiger charge is 2.35. The maximum atomic E-state index is 14.2. The summed E-state index contributed by atoms with van der Waals surface area (Å²) in [5.41, 5.74) is 6.73. The molecule has 4 bridgehead atoms. The van der Waals surface area contributed by atoms with Gasteiger partial charge in [0.1, 0.15) is 35.7 Å². The Labute approximate surface area is 318 Å². The van der Waals surface area contributed by atoms with Crippen LogP contribution in [0.5, 0.6) is 11.5 Å². The smallest absolute Gasteiger partial charge is 0.326 e. The van der Waals surface area contributed by atoms with Gasteiger partial charge in [-0.15, -0.1) is 0 Å². The molecule has 2 aromatic rings. The number of rotatable bonds is 20. The van der Waals surface area contributed by atoms with Gasteiger partial charge in [-0.1, -0.05) is 64.0 Å². The molecule has 0 aliphatic carbocycles. The Hall–Kier alpha value is -4.69. The van der Waals surface area contributed by atoms with E-state index in [4.69, 9.17) is 5.73 Å². The van der Waals surface area contributed by atoms with E-state index in [1.54, 1.807) is 0 Å². The monoisotopic (exact) mass is 752 g/mol. The summed E-state index contributed by atoms with van der Waals surface area (Å²) in [5.74, 6) is -4.16. The van der Waals surface area contributed by atoms with Crippen LogP contribution in [0.4, 0.5) is 0 Å². The van der Waals surface area contributed by atoms with Gasteiger partial charge in [0.25, 0.3) is 0 Å². The van der Waals surface area contributed by atoms with Crippen molar-refractivity contribution in [1.29, 1.82) is 0 Å². The van der Waals surface area contributed by atoms with Crippen LogP contribution >= 0.6 is 0 Å². The van der Waals surface area contributed by atoms with Gasteiger partial charge in [-0.3, -0.25) is 19.2 Å². The van der Waals surface area contributed by atoms with Gasteiger partial charge >= 0.3 is 5.97 Å². The molecule has 0 spiro atoms. The van der Waals surface area contributed by atoms with Crippen molar-refractivity contribution in [2.24, 2.45) is 5.73 Å². The minimum absolute atomic E-state index is 0.137. The normalized spacial score (nSPS) is 17.8. The third kappa shape index (κ3) is 13.3. The molecule has 0 aromatic heterocycles. The first-order valence-corrected chi connectivity index (χ1v) is 19.3. The standard InChI is InChI=1S/C40H60N6O8/c1-4-5-6-7-8-9-10-13-21-42-22-19-35(49)44-31(14-11-12-20-41)39(52)46(3)36-28-16-18-34(48)30(25-28)29-23-27(15-17-33(29)47)24-32(40(53)54)45-37(50)26(2)43-38(36)51/h15-18,23,25-26,31-32,36,42,47-48H,4-14,19-22,24,41H2,1-3H3,(H,43,51)(H,44,49)(H,45,50)(H,53,54)/t26-,31-,32-,36-/m0/s1. The maximum absolute atomic E-state index is 14.2. The zero-order chi connectivity index (χ0) is 39.6. The largest absolute Gasteiger partial charge is 0.507 e. The molecule has 1 aliphatic rings. The van der Waals surface area contributed by atoms with Crippen molar-refractivity contribution in [2.75, 3.05) is 26.7 Å². The summed E-state index contributed by atoms with van der Waals surface area (Å²) >= 11 is 0. The van der Waals surface area contributed by atoms with Gasteiger partial charge in [0, 0.05) is 37.6 Å². The lowest BCUT2D eigenvalue weighted by atomic mass is 9.93. The highest BCUT2D eigenvalue weighted by molar-refractivity contribution is 5.96. The van der Waals surface area contributed by atoms with Gasteiger partial charge < -0.3 is 47.2 Å². The molecule has 54 heavy (non-hydrogen) atoms. The number of phenols is 2. The maximum Gasteiger partial charge on any atom is 0.326 e. The van der Waals surface area contributed by atoms with Crippen LogP contribution in [0.2, 0.25) is 0 Å². The number of nitrogens with two attached hydrogens (primary N) is 1. The fourth-order valence-corrected chi connectivity index (χ4v) is 6.61. The quantitative estimate of drug-likeness (QED) is 0.0918. The number of phenolic OH excluding ortho intramolecular Hbond substituents is 2. The molecule has 1 aliphatic heterocycles. The van der Waals surface area contributed by atoms with E-state index in [0.717, 1.165) is 19.4 Å². The molecule has 2 aromatic carbocycles. The first-order chi connectivity index (χ1) is 25.9. The van der Waals surface area contributed by atoms with E-state index in [1.807, 2.05) is 0 Å². The van der Waals surface area contributed by atoms with E-state index in [0.29, 0.717) is 31.5 Å². The van der Waals surface area contributed by atoms with Crippen LogP contribution in [0.25, 0.3) is 11.1 Å². The third-order valence-electron chi connectivity index (χ3n) is 9.79. The van der Waals surface area contributed by atoms with Gasteiger partial charge in [-0.25, -0.2) is 4.79 Å². The van der Waals surface area contributed by atoms with E-state index in [-0.39, 0.29) is 53.4 Å². The number of carbonyl (C=O) groups excluding carboxylic acids is 4. The van der Waals surface area contributed by atoms with Crippen LogP contribution in [0.3, 0.4) is 0 Å². The molecular formula is C40H60N6O8. The Morgan fingerprint density at radius 1 is 0.870 bits per heavy atom. The van der Waals surface area contributed by atoms with Crippen LogP contribution in [-0.2, 0) is 30.4 Å². The predicted octanol–water partition coefficient (Wildman–Crippen LogP) is 3.63. The number of unbranched alkanes of at least 4 members (excludes halogenated alkanes) is 8. The van der Waals surface area contributed by atoms with Gasteiger partial charge in [-0.2, -0.15) is 0 Å². The highest BCUT2D eigenvalue weighted by atomic mass is 16.4. The molecule has 9 N–H and O–H groups in total. The molecule has 4 amide bonds. The van der Waals surface area contributed by atoms with Crippen molar-refractivity contribution in [3.63, 3.8) is 0 Å². The number of likely N-dealkylation sites (N-methyl/N-ethyl adjacent to an activating group) is 1. The van der Waals surface area contributed by atoms with Gasteiger partial charge in [0.15, 0.2) is 0 Å². The first kappa shape index (κ1) is 43.7. The number of fused-ring (bicyclic) bond motifs is 5. The lowest BCUT2D eigenvalue weighted by Gasteiger charge is -2.32. The predicted molar refractivity (Wildman–Crippen MR) is 207 cm³/mol. The second-order valence-electron chi connectivity index (χ2n) is 14.2. The average molecular weight is 753 g/mol. The molecular weight excluding hydrogens is 692 g/mol. The summed E-state index contributed by atoms with van der Waals surface area (Å²) in [5, 5.41) is 42.8. The molecule has 1 heterocycles. The number of carboxylic acids is 1. The van der Waals surface area contributed by atoms with Crippen LogP contribution in [0.15, 0.2) is 36.4 Å². The van der Waals surface area contributed by atoms with Crippen LogP contribution < -0.4 is 27.0 Å². The number of hydrogen-bond donors (Lipinski definition) is 8. The summed E-state index contributed by atoms with van der Waals surface area (Å²) in [6.07, 6.45) is 11.1. The molecule has 0 unspecified atom stereocenters. The number of aliphatic carboxylic acids is 1. The third-order valence-corrected chi connectivity index (χ3v) is 9.79. The van der Waals surface area contributed by atoms with E-state index in [9.17, 15) is 39.3 Å².